The van der Waals surface area contributed by atoms with E-state index in [-0.39, 0.29) is 5.91 Å². The van der Waals surface area contributed by atoms with E-state index in [2.05, 4.69) is 10.9 Å². The molecule has 0 heterocycles. The number of halogens is 1. The predicted molar refractivity (Wildman–Crippen MR) is 77.6 cm³/mol. The zero-order valence-electron chi connectivity index (χ0n) is 10.8. The largest absolute Gasteiger partial charge is 0.269 e. The molecule has 2 rings (SSSR count). The van der Waals surface area contributed by atoms with Gasteiger partial charge in [-0.05, 0) is 37.3 Å². The van der Waals surface area contributed by atoms with Crippen molar-refractivity contribution < 1.29 is 9.59 Å². The van der Waals surface area contributed by atoms with Crippen molar-refractivity contribution >= 4 is 23.4 Å². The molecule has 0 saturated carbocycles. The van der Waals surface area contributed by atoms with Gasteiger partial charge in [-0.2, -0.15) is 0 Å². The monoisotopic (exact) mass is 288 g/mol. The minimum Gasteiger partial charge on any atom is -0.267 e. The molecule has 4 nitrogen and oxygen atoms in total. The summed E-state index contributed by atoms with van der Waals surface area (Å²) in [6.07, 6.45) is 0. The molecular formula is C15H13ClN2O2. The summed E-state index contributed by atoms with van der Waals surface area (Å²) in [6, 6.07) is 13.6. The Morgan fingerprint density at radius 2 is 1.45 bits per heavy atom. The summed E-state index contributed by atoms with van der Waals surface area (Å²) >= 11 is 5.80. The van der Waals surface area contributed by atoms with Crippen LogP contribution >= 0.6 is 11.6 Å². The fraction of sp³-hybridized carbons (Fsp3) is 0.0667. The van der Waals surface area contributed by atoms with E-state index < -0.39 is 5.91 Å². The van der Waals surface area contributed by atoms with Crippen LogP contribution < -0.4 is 10.9 Å². The number of hydrogen-bond donors (Lipinski definition) is 2. The van der Waals surface area contributed by atoms with Crippen molar-refractivity contribution in [3.05, 3.63) is 70.2 Å². The molecule has 0 aliphatic heterocycles. The molecule has 2 aromatic carbocycles. The molecule has 2 aromatic rings. The average Bonchev–Trinajstić information content (AvgIpc) is 2.44. The lowest BCUT2D eigenvalue weighted by Crippen LogP contribution is -2.41. The molecule has 0 radical (unpaired) electrons. The molecule has 2 amide bonds. The Bertz CT molecular complexity index is 598. The second kappa shape index (κ2) is 6.21. The Hall–Kier alpha value is -2.33. The lowest BCUT2D eigenvalue weighted by Gasteiger charge is -2.08. The van der Waals surface area contributed by atoms with Crippen LogP contribution in [0.1, 0.15) is 26.3 Å². The summed E-state index contributed by atoms with van der Waals surface area (Å²) in [5.41, 5.74) is 6.54. The number of hydrogen-bond acceptors (Lipinski definition) is 2. The lowest BCUT2D eigenvalue weighted by atomic mass is 10.1. The fourth-order valence-corrected chi connectivity index (χ4v) is 1.86. The van der Waals surface area contributed by atoms with E-state index >= 15 is 0 Å². The highest BCUT2D eigenvalue weighted by Gasteiger charge is 2.09. The number of benzene rings is 2. The molecule has 5 heteroatoms. The van der Waals surface area contributed by atoms with Crippen LogP contribution in [0.5, 0.6) is 0 Å². The maximum Gasteiger partial charge on any atom is 0.269 e. The van der Waals surface area contributed by atoms with Gasteiger partial charge in [0.2, 0.25) is 0 Å². The Kier molecular flexibility index (Phi) is 4.38. The summed E-state index contributed by atoms with van der Waals surface area (Å²) < 4.78 is 0. The first kappa shape index (κ1) is 14.1. The Morgan fingerprint density at radius 1 is 0.900 bits per heavy atom. The molecule has 0 aromatic heterocycles. The van der Waals surface area contributed by atoms with Gasteiger partial charge < -0.3 is 0 Å². The van der Waals surface area contributed by atoms with Crippen LogP contribution in [0.3, 0.4) is 0 Å². The van der Waals surface area contributed by atoms with E-state index in [1.807, 2.05) is 13.0 Å². The maximum absolute atomic E-state index is 11.8. The van der Waals surface area contributed by atoms with E-state index in [0.717, 1.165) is 5.56 Å². The molecule has 0 atom stereocenters. The van der Waals surface area contributed by atoms with Crippen LogP contribution in [0.4, 0.5) is 0 Å². The van der Waals surface area contributed by atoms with Crippen molar-refractivity contribution in [3.63, 3.8) is 0 Å². The lowest BCUT2D eigenvalue weighted by molar-refractivity contribution is 0.0846. The first-order valence-corrected chi connectivity index (χ1v) is 6.37. The average molecular weight is 289 g/mol. The molecule has 20 heavy (non-hydrogen) atoms. The van der Waals surface area contributed by atoms with E-state index in [1.165, 1.54) is 6.07 Å². The van der Waals surface area contributed by atoms with Gasteiger partial charge in [0.25, 0.3) is 11.8 Å². The van der Waals surface area contributed by atoms with Gasteiger partial charge in [0.05, 0.1) is 0 Å². The van der Waals surface area contributed by atoms with Crippen molar-refractivity contribution in [2.45, 2.75) is 6.92 Å². The number of amides is 2. The number of rotatable bonds is 2. The number of hydrazine groups is 1. The Morgan fingerprint density at radius 3 is 2.00 bits per heavy atom. The molecule has 0 aliphatic rings. The van der Waals surface area contributed by atoms with Gasteiger partial charge in [-0.15, -0.1) is 0 Å². The second-order valence-electron chi connectivity index (χ2n) is 4.29. The molecule has 0 saturated heterocycles. The van der Waals surface area contributed by atoms with Crippen molar-refractivity contribution in [2.75, 3.05) is 0 Å². The third-order valence-electron chi connectivity index (χ3n) is 2.66. The summed E-state index contributed by atoms with van der Waals surface area (Å²) in [5.74, 6) is -0.794. The minimum atomic E-state index is -0.423. The van der Waals surface area contributed by atoms with E-state index in [1.54, 1.807) is 36.4 Å². The van der Waals surface area contributed by atoms with Crippen LogP contribution in [0, 0.1) is 6.92 Å². The van der Waals surface area contributed by atoms with Gasteiger partial charge in [-0.3, -0.25) is 20.4 Å². The minimum absolute atomic E-state index is 0.371. The number of aryl methyl sites for hydroxylation is 1. The maximum atomic E-state index is 11.8. The van der Waals surface area contributed by atoms with Gasteiger partial charge in [0.15, 0.2) is 0 Å². The van der Waals surface area contributed by atoms with Gasteiger partial charge in [0, 0.05) is 16.1 Å². The highest BCUT2D eigenvalue weighted by Crippen LogP contribution is 2.10. The van der Waals surface area contributed by atoms with E-state index in [0.29, 0.717) is 16.1 Å². The van der Waals surface area contributed by atoms with E-state index in [9.17, 15) is 9.59 Å². The van der Waals surface area contributed by atoms with Crippen molar-refractivity contribution in [1.29, 1.82) is 0 Å². The van der Waals surface area contributed by atoms with Crippen molar-refractivity contribution in [1.82, 2.24) is 10.9 Å². The first-order valence-electron chi connectivity index (χ1n) is 5.99. The molecule has 0 aliphatic carbocycles. The molecule has 2 N–H and O–H groups in total. The fourth-order valence-electron chi connectivity index (χ4n) is 1.67. The van der Waals surface area contributed by atoms with Crippen molar-refractivity contribution in [2.24, 2.45) is 0 Å². The zero-order valence-corrected chi connectivity index (χ0v) is 11.6. The highest BCUT2D eigenvalue weighted by atomic mass is 35.5. The summed E-state index contributed by atoms with van der Waals surface area (Å²) in [5, 5.41) is 0.461. The van der Waals surface area contributed by atoms with Crippen LogP contribution in [0.2, 0.25) is 5.02 Å². The van der Waals surface area contributed by atoms with Gasteiger partial charge in [-0.1, -0.05) is 35.4 Å². The first-order chi connectivity index (χ1) is 9.56. The molecule has 0 spiro atoms. The smallest absolute Gasteiger partial charge is 0.267 e. The number of nitrogens with one attached hydrogen (secondary N) is 2. The number of carbonyl (C=O) groups is 2. The SMILES string of the molecule is Cc1cccc(C(=O)NNC(=O)c2cccc(Cl)c2)c1. The number of carbonyl (C=O) groups excluding carboxylic acids is 2. The molecule has 0 unspecified atom stereocenters. The second-order valence-corrected chi connectivity index (χ2v) is 4.72. The Labute approximate surface area is 121 Å². The highest BCUT2D eigenvalue weighted by molar-refractivity contribution is 6.30. The van der Waals surface area contributed by atoms with Gasteiger partial charge >= 0.3 is 0 Å². The predicted octanol–water partition coefficient (Wildman–Crippen LogP) is 2.72. The van der Waals surface area contributed by atoms with Crippen LogP contribution in [0.25, 0.3) is 0 Å². The molecule has 0 fully saturated rings. The molecular weight excluding hydrogens is 276 g/mol. The zero-order chi connectivity index (χ0) is 14.5. The quantitative estimate of drug-likeness (QED) is 0.835. The van der Waals surface area contributed by atoms with Crippen LogP contribution in [0.15, 0.2) is 48.5 Å². The normalized spacial score (nSPS) is 9.90. The standard InChI is InChI=1S/C15H13ClN2O2/c1-10-4-2-5-11(8-10)14(19)17-18-15(20)12-6-3-7-13(16)9-12/h2-9H,1H3,(H,17,19)(H,18,20). The molecule has 102 valence electrons. The van der Waals surface area contributed by atoms with Gasteiger partial charge in [-0.25, -0.2) is 0 Å². The summed E-state index contributed by atoms with van der Waals surface area (Å²) in [7, 11) is 0. The third-order valence-corrected chi connectivity index (χ3v) is 2.89. The molecule has 0 bridgehead atoms. The summed E-state index contributed by atoms with van der Waals surface area (Å²) in [6.45, 7) is 1.89. The van der Waals surface area contributed by atoms with E-state index in [4.69, 9.17) is 11.6 Å². The van der Waals surface area contributed by atoms with Crippen LogP contribution in [-0.4, -0.2) is 11.8 Å². The topological polar surface area (TPSA) is 58.2 Å². The van der Waals surface area contributed by atoms with Gasteiger partial charge in [0.1, 0.15) is 0 Å². The Balaban J connectivity index is 1.98. The summed E-state index contributed by atoms with van der Waals surface area (Å²) in [4.78, 5) is 23.7. The third kappa shape index (κ3) is 3.59. The van der Waals surface area contributed by atoms with Crippen LogP contribution in [-0.2, 0) is 0 Å². The van der Waals surface area contributed by atoms with Crippen molar-refractivity contribution in [3.8, 4) is 0 Å².